The van der Waals surface area contributed by atoms with Crippen LogP contribution in [0.4, 0.5) is 0 Å². The third-order valence-electron chi connectivity index (χ3n) is 2.22. The third-order valence-corrected chi connectivity index (χ3v) is 2.22. The molecule has 16 heavy (non-hydrogen) atoms. The second-order valence-corrected chi connectivity index (χ2v) is 4.25. The van der Waals surface area contributed by atoms with Crippen LogP contribution < -0.4 is 0 Å². The topological polar surface area (TPSA) is 3.24 Å². The first-order chi connectivity index (χ1) is 7.43. The summed E-state index contributed by atoms with van der Waals surface area (Å²) >= 11 is 0. The van der Waals surface area contributed by atoms with Gasteiger partial charge in [-0.25, -0.2) is 0 Å². The zero-order valence-corrected chi connectivity index (χ0v) is 12.0. The minimum Gasteiger partial charge on any atom is -0.309 e. The molecule has 1 nitrogen and oxygen atoms in total. The maximum Gasteiger partial charge on any atom is -0.00191 e. The van der Waals surface area contributed by atoms with E-state index < -0.39 is 0 Å². The molecule has 0 saturated carbocycles. The minimum atomic E-state index is 0.549. The van der Waals surface area contributed by atoms with E-state index >= 15 is 0 Å². The van der Waals surface area contributed by atoms with Gasteiger partial charge in [-0.05, 0) is 39.9 Å². The number of nitrogens with zero attached hydrogens (tertiary/aromatic N) is 1. The number of rotatable bonds is 6. The van der Waals surface area contributed by atoms with Crippen LogP contribution in [0.25, 0.3) is 0 Å². The molecule has 0 aliphatic heterocycles. The van der Waals surface area contributed by atoms with E-state index in [0.717, 1.165) is 18.5 Å². The van der Waals surface area contributed by atoms with Gasteiger partial charge in [0.15, 0.2) is 0 Å². The summed E-state index contributed by atoms with van der Waals surface area (Å²) in [4.78, 5) is 2.20. The van der Waals surface area contributed by atoms with E-state index in [2.05, 4.69) is 45.2 Å². The van der Waals surface area contributed by atoms with Gasteiger partial charge in [-0.3, -0.25) is 0 Å². The molecule has 0 rings (SSSR count). The third kappa shape index (κ3) is 11.3. The maximum absolute atomic E-state index is 4.06. The van der Waals surface area contributed by atoms with Crippen molar-refractivity contribution in [3.63, 3.8) is 0 Å². The lowest BCUT2D eigenvalue weighted by atomic mass is 9.98. The van der Waals surface area contributed by atoms with Crippen LogP contribution >= 0.6 is 0 Å². The lowest BCUT2D eigenvalue weighted by Crippen LogP contribution is -2.15. The fraction of sp³-hybridized carbons (Fsp3) is 0.600. The van der Waals surface area contributed by atoms with E-state index in [1.807, 2.05) is 26.8 Å². The molecule has 1 atom stereocenters. The average molecular weight is 223 g/mol. The van der Waals surface area contributed by atoms with Gasteiger partial charge >= 0.3 is 0 Å². The smallest absolute Gasteiger partial charge is 0.00191 e. The molecule has 0 saturated heterocycles. The molecule has 0 aromatic rings. The predicted octanol–water partition coefficient (Wildman–Crippen LogP) is 4.29. The van der Waals surface area contributed by atoms with E-state index in [-0.39, 0.29) is 0 Å². The molecule has 94 valence electrons. The largest absolute Gasteiger partial charge is 0.309 e. The van der Waals surface area contributed by atoms with E-state index in [1.54, 1.807) is 0 Å². The van der Waals surface area contributed by atoms with Gasteiger partial charge in [0, 0.05) is 0 Å². The van der Waals surface area contributed by atoms with Gasteiger partial charge in [-0.15, -0.1) is 0 Å². The van der Waals surface area contributed by atoms with Crippen molar-refractivity contribution >= 4 is 0 Å². The average Bonchev–Trinajstić information content (AvgIpc) is 2.25. The molecule has 0 aromatic carbocycles. The molecule has 1 unspecified atom stereocenters. The van der Waals surface area contributed by atoms with Crippen molar-refractivity contribution in [2.75, 3.05) is 20.6 Å². The van der Waals surface area contributed by atoms with Gasteiger partial charge in [-0.2, -0.15) is 0 Å². The second kappa shape index (κ2) is 10.7. The fourth-order valence-corrected chi connectivity index (χ4v) is 1.05. The molecule has 1 heteroatoms. The zero-order chi connectivity index (χ0) is 13.1. The first-order valence-electron chi connectivity index (χ1n) is 6.10. The van der Waals surface area contributed by atoms with Crippen molar-refractivity contribution in [2.24, 2.45) is 5.92 Å². The van der Waals surface area contributed by atoms with Crippen LogP contribution in [0.3, 0.4) is 0 Å². The Bertz CT molecular complexity index is 224. The van der Waals surface area contributed by atoms with Crippen molar-refractivity contribution in [3.05, 3.63) is 36.5 Å². The van der Waals surface area contributed by atoms with Gasteiger partial charge in [0.2, 0.25) is 0 Å². The van der Waals surface area contributed by atoms with Crippen molar-refractivity contribution < 1.29 is 0 Å². The Morgan fingerprint density at radius 3 is 2.06 bits per heavy atom. The van der Waals surface area contributed by atoms with Gasteiger partial charge < -0.3 is 4.90 Å². The summed E-state index contributed by atoms with van der Waals surface area (Å²) in [6.45, 7) is 17.2. The van der Waals surface area contributed by atoms with E-state index in [9.17, 15) is 0 Å². The van der Waals surface area contributed by atoms with E-state index in [0.29, 0.717) is 5.92 Å². The van der Waals surface area contributed by atoms with E-state index in [1.165, 1.54) is 5.57 Å². The SMILES string of the molecule is C=C(C)/C=C\C(=C)C(C)CCN(C)C.CC. The molecule has 0 amide bonds. The molecule has 0 fully saturated rings. The van der Waals surface area contributed by atoms with Gasteiger partial charge in [-0.1, -0.05) is 57.2 Å². The summed E-state index contributed by atoms with van der Waals surface area (Å²) in [5.41, 5.74) is 2.26. The lowest BCUT2D eigenvalue weighted by molar-refractivity contribution is 0.377. The summed E-state index contributed by atoms with van der Waals surface area (Å²) in [7, 11) is 4.19. The molecular weight excluding hydrogens is 194 g/mol. The van der Waals surface area contributed by atoms with Crippen LogP contribution in [-0.4, -0.2) is 25.5 Å². The zero-order valence-electron chi connectivity index (χ0n) is 12.0. The maximum atomic E-state index is 4.06. The molecule has 0 N–H and O–H groups in total. The Labute approximate surface area is 103 Å². The van der Waals surface area contributed by atoms with Crippen LogP contribution in [0.2, 0.25) is 0 Å². The van der Waals surface area contributed by atoms with Gasteiger partial charge in [0.05, 0.1) is 0 Å². The Morgan fingerprint density at radius 1 is 1.19 bits per heavy atom. The monoisotopic (exact) mass is 223 g/mol. The Kier molecular flexibility index (Phi) is 11.7. The van der Waals surface area contributed by atoms with Crippen LogP contribution in [0, 0.1) is 5.92 Å². The number of hydrogen-bond donors (Lipinski definition) is 0. The Balaban J connectivity index is 0. The summed E-state index contributed by atoms with van der Waals surface area (Å²) in [6.07, 6.45) is 5.25. The highest BCUT2D eigenvalue weighted by Gasteiger charge is 2.03. The predicted molar refractivity (Wildman–Crippen MR) is 76.8 cm³/mol. The highest BCUT2D eigenvalue weighted by Crippen LogP contribution is 2.14. The quantitative estimate of drug-likeness (QED) is 0.607. The first kappa shape index (κ1) is 17.6. The molecular formula is C15H29N. The second-order valence-electron chi connectivity index (χ2n) is 4.25. The van der Waals surface area contributed by atoms with Gasteiger partial charge in [0.1, 0.15) is 0 Å². The van der Waals surface area contributed by atoms with Crippen LogP contribution in [0.1, 0.15) is 34.1 Å². The number of allylic oxidation sites excluding steroid dienone is 4. The van der Waals surface area contributed by atoms with Crippen molar-refractivity contribution in [2.45, 2.75) is 34.1 Å². The van der Waals surface area contributed by atoms with Gasteiger partial charge in [0.25, 0.3) is 0 Å². The van der Waals surface area contributed by atoms with Crippen LogP contribution in [0.15, 0.2) is 36.5 Å². The normalized spacial score (nSPS) is 12.2. The molecule has 0 heterocycles. The summed E-state index contributed by atoms with van der Waals surface area (Å²) in [5, 5.41) is 0. The first-order valence-corrected chi connectivity index (χ1v) is 6.10. The van der Waals surface area contributed by atoms with Crippen molar-refractivity contribution in [3.8, 4) is 0 Å². The van der Waals surface area contributed by atoms with Crippen molar-refractivity contribution in [1.82, 2.24) is 4.90 Å². The molecule has 0 aromatic heterocycles. The van der Waals surface area contributed by atoms with E-state index in [4.69, 9.17) is 0 Å². The summed E-state index contributed by atoms with van der Waals surface area (Å²) in [5.74, 6) is 0.549. The van der Waals surface area contributed by atoms with Crippen LogP contribution in [-0.2, 0) is 0 Å². The molecule has 0 radical (unpaired) electrons. The minimum absolute atomic E-state index is 0.549. The van der Waals surface area contributed by atoms with Crippen LogP contribution in [0.5, 0.6) is 0 Å². The Morgan fingerprint density at radius 2 is 1.69 bits per heavy atom. The summed E-state index contributed by atoms with van der Waals surface area (Å²) < 4.78 is 0. The molecule has 0 spiro atoms. The fourth-order valence-electron chi connectivity index (χ4n) is 1.05. The standard InChI is InChI=1S/C13H23N.C2H6/c1-11(2)7-8-12(3)13(4)9-10-14(5)6;1-2/h7-8,13H,1,3,9-10H2,2,4-6H3;1-2H3/b8-7-;. The molecule has 0 aliphatic carbocycles. The molecule has 0 bridgehead atoms. The Hall–Kier alpha value is -0.820. The summed E-state index contributed by atoms with van der Waals surface area (Å²) in [6, 6.07) is 0. The molecule has 0 aliphatic rings. The van der Waals surface area contributed by atoms with Crippen molar-refractivity contribution in [1.29, 1.82) is 0 Å². The highest BCUT2D eigenvalue weighted by atomic mass is 15.0. The highest BCUT2D eigenvalue weighted by molar-refractivity contribution is 5.24. The lowest BCUT2D eigenvalue weighted by Gasteiger charge is -2.15. The number of hydrogen-bond acceptors (Lipinski definition) is 1.